The van der Waals surface area contributed by atoms with Gasteiger partial charge in [0.1, 0.15) is 0 Å². The average Bonchev–Trinajstić information content (AvgIpc) is 2.68. The van der Waals surface area contributed by atoms with Crippen LogP contribution in [0.1, 0.15) is 37.7 Å². The van der Waals surface area contributed by atoms with Gasteiger partial charge in [0, 0.05) is 46.1 Å². The van der Waals surface area contributed by atoms with Crippen LogP contribution in [0.5, 0.6) is 0 Å². The lowest BCUT2D eigenvalue weighted by Gasteiger charge is -2.46. The first-order valence-electron chi connectivity index (χ1n) is 10.3. The number of hydrogen-bond donors (Lipinski definition) is 1. The largest absolute Gasteiger partial charge is 0.349 e. The number of piperidine rings is 2. The number of nitrogens with one attached hydrogen (secondary N) is 1. The van der Waals surface area contributed by atoms with Crippen molar-refractivity contribution in [2.45, 2.75) is 44.6 Å². The lowest BCUT2D eigenvalue weighted by molar-refractivity contribution is -0.135. The minimum absolute atomic E-state index is 0.199. The average molecular weight is 372 g/mol. The number of benzene rings is 1. The summed E-state index contributed by atoms with van der Waals surface area (Å²) < 4.78 is 0. The van der Waals surface area contributed by atoms with Gasteiger partial charge in [-0.3, -0.25) is 9.59 Å². The van der Waals surface area contributed by atoms with Gasteiger partial charge in [-0.2, -0.15) is 0 Å². The first-order valence-corrected chi connectivity index (χ1v) is 10.3. The SMILES string of the molecule is CN(C)C(=O)CCCC1NCC2CC1CN(C(=O)CCc1ccccc1)C2. The predicted molar refractivity (Wildman–Crippen MR) is 107 cm³/mol. The number of hydrogen-bond acceptors (Lipinski definition) is 3. The lowest BCUT2D eigenvalue weighted by atomic mass is 9.79. The molecule has 148 valence electrons. The number of fused-ring (bicyclic) bond motifs is 2. The van der Waals surface area contributed by atoms with Crippen LogP contribution in [0.15, 0.2) is 30.3 Å². The summed E-state index contributed by atoms with van der Waals surface area (Å²) in [7, 11) is 3.62. The monoisotopic (exact) mass is 371 g/mol. The second kappa shape index (κ2) is 9.36. The molecule has 0 aliphatic carbocycles. The highest BCUT2D eigenvalue weighted by Crippen LogP contribution is 2.30. The molecule has 1 aromatic rings. The Labute approximate surface area is 163 Å². The van der Waals surface area contributed by atoms with Crippen LogP contribution >= 0.6 is 0 Å². The molecule has 2 saturated heterocycles. The van der Waals surface area contributed by atoms with Gasteiger partial charge in [0.2, 0.25) is 11.8 Å². The molecule has 3 atom stereocenters. The third kappa shape index (κ3) is 5.55. The van der Waals surface area contributed by atoms with Crippen molar-refractivity contribution < 1.29 is 9.59 Å². The molecule has 0 aromatic heterocycles. The van der Waals surface area contributed by atoms with Crippen LogP contribution in [0.25, 0.3) is 0 Å². The van der Waals surface area contributed by atoms with Crippen molar-refractivity contribution in [3.05, 3.63) is 35.9 Å². The van der Waals surface area contributed by atoms with E-state index in [-0.39, 0.29) is 11.8 Å². The molecule has 5 heteroatoms. The summed E-state index contributed by atoms with van der Waals surface area (Å²) in [6, 6.07) is 10.7. The van der Waals surface area contributed by atoms with E-state index in [0.29, 0.717) is 30.7 Å². The van der Waals surface area contributed by atoms with Crippen molar-refractivity contribution in [2.24, 2.45) is 11.8 Å². The maximum Gasteiger partial charge on any atom is 0.222 e. The Bertz CT molecular complexity index is 632. The van der Waals surface area contributed by atoms with E-state index in [4.69, 9.17) is 0 Å². The fourth-order valence-electron chi connectivity index (χ4n) is 4.46. The highest BCUT2D eigenvalue weighted by Gasteiger charge is 2.37. The maximum atomic E-state index is 12.7. The van der Waals surface area contributed by atoms with Crippen LogP contribution in [0, 0.1) is 11.8 Å². The molecule has 27 heavy (non-hydrogen) atoms. The van der Waals surface area contributed by atoms with Crippen LogP contribution in [0.2, 0.25) is 0 Å². The molecule has 5 nitrogen and oxygen atoms in total. The van der Waals surface area contributed by atoms with Gasteiger partial charge in [0.25, 0.3) is 0 Å². The van der Waals surface area contributed by atoms with E-state index >= 15 is 0 Å². The number of amides is 2. The van der Waals surface area contributed by atoms with Crippen molar-refractivity contribution in [3.63, 3.8) is 0 Å². The number of rotatable bonds is 7. The van der Waals surface area contributed by atoms with Gasteiger partial charge < -0.3 is 15.1 Å². The van der Waals surface area contributed by atoms with Crippen molar-refractivity contribution in [3.8, 4) is 0 Å². The van der Waals surface area contributed by atoms with Gasteiger partial charge in [-0.15, -0.1) is 0 Å². The molecule has 0 spiro atoms. The summed E-state index contributed by atoms with van der Waals surface area (Å²) >= 11 is 0. The molecule has 2 heterocycles. The molecule has 2 fully saturated rings. The highest BCUT2D eigenvalue weighted by molar-refractivity contribution is 5.76. The standard InChI is InChI=1S/C22H33N3O2/c1-24(2)21(26)10-6-9-20-19-13-18(14-23-20)15-25(16-19)22(27)12-11-17-7-4-3-5-8-17/h3-5,7-8,18-20,23H,6,9-16H2,1-2H3. The highest BCUT2D eigenvalue weighted by atomic mass is 16.2. The molecular weight excluding hydrogens is 338 g/mol. The Morgan fingerprint density at radius 3 is 2.67 bits per heavy atom. The van der Waals surface area contributed by atoms with Gasteiger partial charge in [0.15, 0.2) is 0 Å². The smallest absolute Gasteiger partial charge is 0.222 e. The predicted octanol–water partition coefficient (Wildman–Crippen LogP) is 2.31. The summed E-state index contributed by atoms with van der Waals surface area (Å²) in [5, 5.41) is 3.68. The van der Waals surface area contributed by atoms with E-state index in [1.165, 1.54) is 12.0 Å². The van der Waals surface area contributed by atoms with Gasteiger partial charge in [-0.1, -0.05) is 30.3 Å². The Hall–Kier alpha value is -1.88. The number of nitrogens with zero attached hydrogens (tertiary/aromatic N) is 2. The van der Waals surface area contributed by atoms with Crippen molar-refractivity contribution in [2.75, 3.05) is 33.7 Å². The third-order valence-electron chi connectivity index (χ3n) is 6.03. The van der Waals surface area contributed by atoms with Crippen molar-refractivity contribution in [1.82, 2.24) is 15.1 Å². The van der Waals surface area contributed by atoms with Crippen LogP contribution in [0.3, 0.4) is 0 Å². The first-order chi connectivity index (χ1) is 13.0. The Balaban J connectivity index is 1.47. The summed E-state index contributed by atoms with van der Waals surface area (Å²) in [6.45, 7) is 2.75. The zero-order chi connectivity index (χ0) is 19.2. The molecule has 2 aliphatic heterocycles. The van der Waals surface area contributed by atoms with E-state index in [9.17, 15) is 9.59 Å². The lowest BCUT2D eigenvalue weighted by Crippen LogP contribution is -2.57. The fourth-order valence-corrected chi connectivity index (χ4v) is 4.46. The molecule has 0 saturated carbocycles. The van der Waals surface area contributed by atoms with E-state index in [2.05, 4.69) is 22.3 Å². The molecular formula is C22H33N3O2. The molecule has 1 N–H and O–H groups in total. The molecule has 2 amide bonds. The molecule has 1 aromatic carbocycles. The molecule has 3 rings (SSSR count). The van der Waals surface area contributed by atoms with E-state index < -0.39 is 0 Å². The fraction of sp³-hybridized carbons (Fsp3) is 0.636. The minimum Gasteiger partial charge on any atom is -0.349 e. The maximum absolute atomic E-state index is 12.7. The second-order valence-electron chi connectivity index (χ2n) is 8.34. The van der Waals surface area contributed by atoms with E-state index in [0.717, 1.165) is 38.9 Å². The first kappa shape index (κ1) is 19.9. The zero-order valence-corrected chi connectivity index (χ0v) is 16.7. The summed E-state index contributed by atoms with van der Waals surface area (Å²) in [4.78, 5) is 28.3. The van der Waals surface area contributed by atoms with Gasteiger partial charge >= 0.3 is 0 Å². The third-order valence-corrected chi connectivity index (χ3v) is 6.03. The zero-order valence-electron chi connectivity index (χ0n) is 16.7. The normalized spacial score (nSPS) is 24.5. The molecule has 2 aliphatic rings. The second-order valence-corrected chi connectivity index (χ2v) is 8.34. The van der Waals surface area contributed by atoms with Crippen LogP contribution in [0.4, 0.5) is 0 Å². The Morgan fingerprint density at radius 1 is 1.15 bits per heavy atom. The summed E-state index contributed by atoms with van der Waals surface area (Å²) in [5.41, 5.74) is 1.23. The number of likely N-dealkylation sites (tertiary alicyclic amines) is 1. The van der Waals surface area contributed by atoms with Gasteiger partial charge in [-0.25, -0.2) is 0 Å². The summed E-state index contributed by atoms with van der Waals surface area (Å²) in [6.07, 6.45) is 5.17. The van der Waals surface area contributed by atoms with Crippen LogP contribution in [-0.4, -0.2) is 61.4 Å². The quantitative estimate of drug-likeness (QED) is 0.800. The molecule has 0 radical (unpaired) electrons. The topological polar surface area (TPSA) is 52.7 Å². The van der Waals surface area contributed by atoms with E-state index in [1.807, 2.05) is 32.3 Å². The van der Waals surface area contributed by atoms with Gasteiger partial charge in [0.05, 0.1) is 0 Å². The minimum atomic E-state index is 0.199. The molecule has 3 unspecified atom stereocenters. The van der Waals surface area contributed by atoms with Crippen LogP contribution < -0.4 is 5.32 Å². The van der Waals surface area contributed by atoms with Crippen LogP contribution in [-0.2, 0) is 16.0 Å². The number of carbonyl (C=O) groups is 2. The number of carbonyl (C=O) groups excluding carboxylic acids is 2. The Morgan fingerprint density at radius 2 is 1.93 bits per heavy atom. The van der Waals surface area contributed by atoms with Crippen molar-refractivity contribution in [1.29, 1.82) is 0 Å². The molecule has 2 bridgehead atoms. The van der Waals surface area contributed by atoms with Crippen molar-refractivity contribution >= 4 is 11.8 Å². The van der Waals surface area contributed by atoms with Gasteiger partial charge in [-0.05, 0) is 49.6 Å². The summed E-state index contributed by atoms with van der Waals surface area (Å²) in [5.74, 6) is 1.58. The Kier molecular flexibility index (Phi) is 6.89. The van der Waals surface area contributed by atoms with E-state index in [1.54, 1.807) is 4.90 Å². The number of aryl methyl sites for hydroxylation is 1.